The topological polar surface area (TPSA) is 98.3 Å². The molecule has 1 amide bonds. The van der Waals surface area contributed by atoms with E-state index in [4.69, 9.17) is 5.73 Å². The second kappa shape index (κ2) is 5.82. The van der Waals surface area contributed by atoms with Crippen LogP contribution in [0, 0.1) is 10.1 Å². The number of nitro benzene ring substituents is 1. The SMILES string of the molecule is NCCCNC(=O)c1ccccc1[N+](=O)[O-]. The van der Waals surface area contributed by atoms with E-state index >= 15 is 0 Å². The van der Waals surface area contributed by atoms with E-state index in [9.17, 15) is 14.9 Å². The van der Waals surface area contributed by atoms with Crippen molar-refractivity contribution in [3.05, 3.63) is 39.9 Å². The van der Waals surface area contributed by atoms with E-state index in [0.717, 1.165) is 0 Å². The lowest BCUT2D eigenvalue weighted by molar-refractivity contribution is -0.385. The molecule has 16 heavy (non-hydrogen) atoms. The number of carbonyl (C=O) groups excluding carboxylic acids is 1. The Morgan fingerprint density at radius 2 is 2.12 bits per heavy atom. The lowest BCUT2D eigenvalue weighted by atomic mass is 10.1. The number of nitrogens with zero attached hydrogens (tertiary/aromatic N) is 1. The first-order valence-corrected chi connectivity index (χ1v) is 4.88. The van der Waals surface area contributed by atoms with Crippen LogP contribution in [0.5, 0.6) is 0 Å². The van der Waals surface area contributed by atoms with E-state index in [2.05, 4.69) is 5.32 Å². The molecule has 0 fully saturated rings. The molecule has 6 nitrogen and oxygen atoms in total. The van der Waals surface area contributed by atoms with E-state index in [1.165, 1.54) is 18.2 Å². The highest BCUT2D eigenvalue weighted by atomic mass is 16.6. The number of amides is 1. The Kier molecular flexibility index (Phi) is 4.41. The zero-order valence-electron chi connectivity index (χ0n) is 8.68. The predicted molar refractivity (Wildman–Crippen MR) is 59.1 cm³/mol. The minimum absolute atomic E-state index is 0.0736. The van der Waals surface area contributed by atoms with E-state index < -0.39 is 10.8 Å². The number of hydrogen-bond acceptors (Lipinski definition) is 4. The molecule has 0 aliphatic carbocycles. The van der Waals surface area contributed by atoms with Crippen LogP contribution in [0.4, 0.5) is 5.69 Å². The summed E-state index contributed by atoms with van der Waals surface area (Å²) in [5.41, 5.74) is 5.16. The van der Waals surface area contributed by atoms with Gasteiger partial charge in [0.25, 0.3) is 11.6 Å². The Hall–Kier alpha value is -1.95. The number of hydrogen-bond donors (Lipinski definition) is 2. The first-order chi connectivity index (χ1) is 7.66. The molecule has 0 heterocycles. The van der Waals surface area contributed by atoms with Crippen LogP contribution in [0.25, 0.3) is 0 Å². The van der Waals surface area contributed by atoms with Crippen molar-refractivity contribution < 1.29 is 9.72 Å². The van der Waals surface area contributed by atoms with Crippen molar-refractivity contribution in [2.24, 2.45) is 5.73 Å². The third-order valence-electron chi connectivity index (χ3n) is 2.01. The molecule has 6 heteroatoms. The van der Waals surface area contributed by atoms with Crippen molar-refractivity contribution in [1.29, 1.82) is 0 Å². The average molecular weight is 223 g/mol. The summed E-state index contributed by atoms with van der Waals surface area (Å²) in [6.07, 6.45) is 0.645. The Morgan fingerprint density at radius 3 is 2.75 bits per heavy atom. The van der Waals surface area contributed by atoms with Gasteiger partial charge in [-0.3, -0.25) is 14.9 Å². The van der Waals surface area contributed by atoms with Crippen molar-refractivity contribution >= 4 is 11.6 Å². The number of nitrogens with two attached hydrogens (primary N) is 1. The summed E-state index contributed by atoms with van der Waals surface area (Å²) in [5.74, 6) is -0.444. The van der Waals surface area contributed by atoms with Gasteiger partial charge in [0.2, 0.25) is 0 Å². The van der Waals surface area contributed by atoms with Crippen molar-refractivity contribution in [3.63, 3.8) is 0 Å². The van der Waals surface area contributed by atoms with E-state index in [0.29, 0.717) is 19.5 Å². The summed E-state index contributed by atoms with van der Waals surface area (Å²) in [4.78, 5) is 21.7. The third kappa shape index (κ3) is 3.03. The number of rotatable bonds is 5. The van der Waals surface area contributed by atoms with E-state index in [1.807, 2.05) is 0 Å². The van der Waals surface area contributed by atoms with Crippen LogP contribution in [-0.4, -0.2) is 23.9 Å². The van der Waals surface area contributed by atoms with Crippen molar-refractivity contribution in [1.82, 2.24) is 5.32 Å². The van der Waals surface area contributed by atoms with E-state index in [1.54, 1.807) is 6.07 Å². The molecule has 0 aliphatic heterocycles. The van der Waals surface area contributed by atoms with Gasteiger partial charge in [0.15, 0.2) is 0 Å². The first-order valence-electron chi connectivity index (χ1n) is 4.88. The first kappa shape index (κ1) is 12.1. The maximum atomic E-state index is 11.6. The molecule has 0 unspecified atom stereocenters. The molecule has 0 saturated carbocycles. The van der Waals surface area contributed by atoms with Gasteiger partial charge >= 0.3 is 0 Å². The zero-order valence-corrected chi connectivity index (χ0v) is 8.68. The summed E-state index contributed by atoms with van der Waals surface area (Å²) in [5, 5.41) is 13.2. The minimum atomic E-state index is -0.572. The summed E-state index contributed by atoms with van der Waals surface area (Å²) in [6.45, 7) is 0.887. The van der Waals surface area contributed by atoms with Crippen LogP contribution < -0.4 is 11.1 Å². The molecule has 0 radical (unpaired) electrons. The van der Waals surface area contributed by atoms with Crippen molar-refractivity contribution in [2.45, 2.75) is 6.42 Å². The largest absolute Gasteiger partial charge is 0.352 e. The molecule has 1 rings (SSSR count). The summed E-state index contributed by atoms with van der Waals surface area (Å²) < 4.78 is 0. The third-order valence-corrected chi connectivity index (χ3v) is 2.01. The molecule has 1 aromatic rings. The molecule has 0 saturated heterocycles. The van der Waals surface area contributed by atoms with Crippen LogP contribution >= 0.6 is 0 Å². The molecule has 0 atom stereocenters. The molecular weight excluding hydrogens is 210 g/mol. The van der Waals surface area contributed by atoms with Gasteiger partial charge in [0.1, 0.15) is 5.56 Å². The second-order valence-corrected chi connectivity index (χ2v) is 3.17. The van der Waals surface area contributed by atoms with Gasteiger partial charge in [-0.1, -0.05) is 12.1 Å². The standard InChI is InChI=1S/C10H13N3O3/c11-6-3-7-12-10(14)8-4-1-2-5-9(8)13(15)16/h1-2,4-5H,3,6-7,11H2,(H,12,14). The highest BCUT2D eigenvalue weighted by Crippen LogP contribution is 2.16. The number of para-hydroxylation sites is 1. The molecule has 0 aromatic heterocycles. The minimum Gasteiger partial charge on any atom is -0.352 e. The molecule has 0 bridgehead atoms. The molecular formula is C10H13N3O3. The van der Waals surface area contributed by atoms with Crippen molar-refractivity contribution in [2.75, 3.05) is 13.1 Å². The number of nitro groups is 1. The monoisotopic (exact) mass is 223 g/mol. The van der Waals surface area contributed by atoms with Crippen LogP contribution in [0.2, 0.25) is 0 Å². The summed E-state index contributed by atoms with van der Waals surface area (Å²) in [7, 11) is 0. The Bertz CT molecular complexity index is 393. The summed E-state index contributed by atoms with van der Waals surface area (Å²) in [6, 6.07) is 5.84. The van der Waals surface area contributed by atoms with Crippen molar-refractivity contribution in [3.8, 4) is 0 Å². The molecule has 0 aliphatic rings. The molecule has 1 aromatic carbocycles. The smallest absolute Gasteiger partial charge is 0.282 e. The van der Waals surface area contributed by atoms with Gasteiger partial charge < -0.3 is 11.1 Å². The highest BCUT2D eigenvalue weighted by molar-refractivity contribution is 5.98. The van der Waals surface area contributed by atoms with Gasteiger partial charge in [-0.2, -0.15) is 0 Å². The maximum Gasteiger partial charge on any atom is 0.282 e. The van der Waals surface area contributed by atoms with Crippen LogP contribution in [0.3, 0.4) is 0 Å². The average Bonchev–Trinajstić information content (AvgIpc) is 2.29. The fraction of sp³-hybridized carbons (Fsp3) is 0.300. The number of benzene rings is 1. The van der Waals surface area contributed by atoms with Gasteiger partial charge in [-0.25, -0.2) is 0 Å². The fourth-order valence-electron chi connectivity index (χ4n) is 1.22. The highest BCUT2D eigenvalue weighted by Gasteiger charge is 2.18. The quantitative estimate of drug-likeness (QED) is 0.435. The lowest BCUT2D eigenvalue weighted by Gasteiger charge is -2.04. The fourth-order valence-corrected chi connectivity index (χ4v) is 1.22. The van der Waals surface area contributed by atoms with Gasteiger partial charge in [-0.05, 0) is 19.0 Å². The Morgan fingerprint density at radius 1 is 1.44 bits per heavy atom. The predicted octanol–water partition coefficient (Wildman–Crippen LogP) is 0.673. The number of nitrogens with one attached hydrogen (secondary N) is 1. The molecule has 86 valence electrons. The van der Waals surface area contributed by atoms with Gasteiger partial charge in [0.05, 0.1) is 4.92 Å². The van der Waals surface area contributed by atoms with Gasteiger partial charge in [0, 0.05) is 12.6 Å². The zero-order chi connectivity index (χ0) is 12.0. The van der Waals surface area contributed by atoms with Gasteiger partial charge in [-0.15, -0.1) is 0 Å². The maximum absolute atomic E-state index is 11.6. The summed E-state index contributed by atoms with van der Waals surface area (Å²) >= 11 is 0. The molecule has 0 spiro atoms. The van der Waals surface area contributed by atoms with Crippen LogP contribution in [-0.2, 0) is 0 Å². The number of carbonyl (C=O) groups is 1. The van der Waals surface area contributed by atoms with Crippen LogP contribution in [0.1, 0.15) is 16.8 Å². The van der Waals surface area contributed by atoms with E-state index in [-0.39, 0.29) is 11.3 Å². The second-order valence-electron chi connectivity index (χ2n) is 3.17. The van der Waals surface area contributed by atoms with Crippen LogP contribution in [0.15, 0.2) is 24.3 Å². The normalized spacial score (nSPS) is 9.81. The Balaban J connectivity index is 2.78. The lowest BCUT2D eigenvalue weighted by Crippen LogP contribution is -2.26. The Labute approximate surface area is 92.6 Å². The molecule has 3 N–H and O–H groups in total.